The molecule has 142 valence electrons. The van der Waals surface area contributed by atoms with Gasteiger partial charge in [0.05, 0.1) is 16.8 Å². The molecule has 27 heavy (non-hydrogen) atoms. The Bertz CT molecular complexity index is 939. The molecule has 1 saturated heterocycles. The molecule has 0 atom stereocenters. The predicted molar refractivity (Wildman–Crippen MR) is 99.6 cm³/mol. The second-order valence-electron chi connectivity index (χ2n) is 6.13. The van der Waals surface area contributed by atoms with E-state index in [2.05, 4.69) is 10.3 Å². The van der Waals surface area contributed by atoms with Gasteiger partial charge in [-0.1, -0.05) is 6.07 Å². The first-order valence-corrected chi connectivity index (χ1v) is 9.89. The first kappa shape index (κ1) is 19.0. The monoisotopic (exact) mass is 388 g/mol. The van der Waals surface area contributed by atoms with Gasteiger partial charge in [0, 0.05) is 44.9 Å². The van der Waals surface area contributed by atoms with Crippen molar-refractivity contribution in [2.24, 2.45) is 0 Å². The summed E-state index contributed by atoms with van der Waals surface area (Å²) in [6, 6.07) is 9.30. The Morgan fingerprint density at radius 1 is 1.07 bits per heavy atom. The van der Waals surface area contributed by atoms with E-state index in [9.17, 15) is 18.0 Å². The number of anilines is 1. The largest absolute Gasteiger partial charge is 0.340 e. The molecule has 0 saturated carbocycles. The van der Waals surface area contributed by atoms with Crippen LogP contribution in [0.15, 0.2) is 53.7 Å². The molecule has 0 spiro atoms. The number of amides is 2. The number of hydrogen-bond donors (Lipinski definition) is 1. The summed E-state index contributed by atoms with van der Waals surface area (Å²) in [7, 11) is -3.74. The molecule has 0 aliphatic carbocycles. The number of hydrogen-bond acceptors (Lipinski definition) is 5. The molecular formula is C18H20N4O4S. The number of nitrogens with one attached hydrogen (secondary N) is 1. The zero-order valence-corrected chi connectivity index (χ0v) is 15.6. The minimum absolute atomic E-state index is 0.0533. The minimum atomic E-state index is -3.74. The third kappa shape index (κ3) is 4.32. The number of sulfonamides is 1. The number of aromatic nitrogens is 1. The van der Waals surface area contributed by atoms with E-state index in [0.717, 1.165) is 0 Å². The Morgan fingerprint density at radius 2 is 1.81 bits per heavy atom. The molecule has 8 nitrogen and oxygen atoms in total. The molecule has 0 unspecified atom stereocenters. The maximum Gasteiger partial charge on any atom is 0.255 e. The lowest BCUT2D eigenvalue weighted by molar-refractivity contribution is -0.129. The topological polar surface area (TPSA) is 99.7 Å². The summed E-state index contributed by atoms with van der Waals surface area (Å²) in [5.74, 6) is -0.484. The summed E-state index contributed by atoms with van der Waals surface area (Å²) < 4.78 is 27.1. The van der Waals surface area contributed by atoms with Crippen molar-refractivity contribution in [3.8, 4) is 0 Å². The van der Waals surface area contributed by atoms with Gasteiger partial charge in [0.15, 0.2) is 0 Å². The third-order valence-electron chi connectivity index (χ3n) is 4.34. The van der Waals surface area contributed by atoms with Crippen molar-refractivity contribution in [1.29, 1.82) is 0 Å². The van der Waals surface area contributed by atoms with E-state index in [1.807, 2.05) is 0 Å². The molecule has 1 N–H and O–H groups in total. The highest BCUT2D eigenvalue weighted by molar-refractivity contribution is 7.89. The van der Waals surface area contributed by atoms with Gasteiger partial charge in [-0.05, 0) is 30.3 Å². The van der Waals surface area contributed by atoms with Crippen LogP contribution in [-0.2, 0) is 14.8 Å². The van der Waals surface area contributed by atoms with Gasteiger partial charge in [0.2, 0.25) is 15.9 Å². The van der Waals surface area contributed by atoms with Crippen LogP contribution in [0.5, 0.6) is 0 Å². The molecule has 9 heteroatoms. The predicted octanol–water partition coefficient (Wildman–Crippen LogP) is 1.19. The Hall–Kier alpha value is -2.78. The highest BCUT2D eigenvalue weighted by atomic mass is 32.2. The van der Waals surface area contributed by atoms with Gasteiger partial charge in [-0.2, -0.15) is 4.31 Å². The first-order valence-electron chi connectivity index (χ1n) is 8.45. The highest BCUT2D eigenvalue weighted by Crippen LogP contribution is 2.19. The molecular weight excluding hydrogens is 368 g/mol. The van der Waals surface area contributed by atoms with E-state index >= 15 is 0 Å². The number of carbonyl (C=O) groups is 2. The van der Waals surface area contributed by atoms with Gasteiger partial charge in [-0.15, -0.1) is 0 Å². The molecule has 1 aliphatic rings. The normalized spacial score (nSPS) is 15.4. The van der Waals surface area contributed by atoms with Gasteiger partial charge >= 0.3 is 0 Å². The summed E-state index contributed by atoms with van der Waals surface area (Å²) in [5, 5.41) is 2.68. The van der Waals surface area contributed by atoms with Gasteiger partial charge in [0.25, 0.3) is 5.91 Å². The molecule has 2 heterocycles. The number of pyridine rings is 1. The van der Waals surface area contributed by atoms with Crippen molar-refractivity contribution in [3.05, 3.63) is 54.4 Å². The SMILES string of the molecule is CC(=O)N1CCN(S(=O)(=O)c2cccc(C(=O)Nc3cccnc3)c2)CC1. The zero-order valence-electron chi connectivity index (χ0n) is 14.8. The third-order valence-corrected chi connectivity index (χ3v) is 6.23. The first-order chi connectivity index (χ1) is 12.9. The maximum atomic E-state index is 12.9. The standard InChI is InChI=1S/C18H20N4O4S/c1-14(23)21-8-10-22(11-9-21)27(25,26)17-6-2-4-15(12-17)18(24)20-16-5-3-7-19-13-16/h2-7,12-13H,8-11H2,1H3,(H,20,24). The van der Waals surface area contributed by atoms with Crippen molar-refractivity contribution < 1.29 is 18.0 Å². The lowest BCUT2D eigenvalue weighted by Crippen LogP contribution is -2.49. The van der Waals surface area contributed by atoms with Crippen LogP contribution in [0.4, 0.5) is 5.69 Å². The van der Waals surface area contributed by atoms with Gasteiger partial charge < -0.3 is 10.2 Å². The minimum Gasteiger partial charge on any atom is -0.340 e. The number of nitrogens with zero attached hydrogens (tertiary/aromatic N) is 3. The van der Waals surface area contributed by atoms with Crippen LogP contribution in [-0.4, -0.2) is 60.6 Å². The summed E-state index contributed by atoms with van der Waals surface area (Å²) >= 11 is 0. The number of rotatable bonds is 4. The maximum absolute atomic E-state index is 12.9. The Labute approximate surface area is 157 Å². The van der Waals surface area contributed by atoms with E-state index < -0.39 is 15.9 Å². The summed E-state index contributed by atoms with van der Waals surface area (Å²) in [6.45, 7) is 2.64. The average Bonchev–Trinajstić information content (AvgIpc) is 2.69. The lowest BCUT2D eigenvalue weighted by atomic mass is 10.2. The van der Waals surface area contributed by atoms with E-state index in [-0.39, 0.29) is 29.5 Å². The van der Waals surface area contributed by atoms with Crippen LogP contribution in [0, 0.1) is 0 Å². The molecule has 1 aliphatic heterocycles. The lowest BCUT2D eigenvalue weighted by Gasteiger charge is -2.33. The van der Waals surface area contributed by atoms with E-state index in [0.29, 0.717) is 18.8 Å². The fraction of sp³-hybridized carbons (Fsp3) is 0.278. The number of carbonyl (C=O) groups excluding carboxylic acids is 2. The van der Waals surface area contributed by atoms with E-state index in [4.69, 9.17) is 0 Å². The van der Waals surface area contributed by atoms with Crippen molar-refractivity contribution in [2.45, 2.75) is 11.8 Å². The van der Waals surface area contributed by atoms with Crippen molar-refractivity contribution in [3.63, 3.8) is 0 Å². The van der Waals surface area contributed by atoms with E-state index in [1.165, 1.54) is 35.6 Å². The molecule has 1 fully saturated rings. The summed E-state index contributed by atoms with van der Waals surface area (Å²) in [6.07, 6.45) is 3.10. The van der Waals surface area contributed by atoms with Gasteiger partial charge in [-0.25, -0.2) is 8.42 Å². The van der Waals surface area contributed by atoms with Gasteiger partial charge in [0.1, 0.15) is 0 Å². The Kier molecular flexibility index (Phi) is 5.52. The van der Waals surface area contributed by atoms with Gasteiger partial charge in [-0.3, -0.25) is 14.6 Å². The second kappa shape index (κ2) is 7.85. The fourth-order valence-electron chi connectivity index (χ4n) is 2.83. The van der Waals surface area contributed by atoms with E-state index in [1.54, 1.807) is 29.3 Å². The molecule has 2 amide bonds. The molecule has 0 bridgehead atoms. The average molecular weight is 388 g/mol. The van der Waals surface area contributed by atoms with Crippen LogP contribution in [0.25, 0.3) is 0 Å². The smallest absolute Gasteiger partial charge is 0.255 e. The molecule has 0 radical (unpaired) electrons. The highest BCUT2D eigenvalue weighted by Gasteiger charge is 2.29. The number of benzene rings is 1. The fourth-order valence-corrected chi connectivity index (χ4v) is 4.30. The van der Waals surface area contributed by atoms with Crippen molar-refractivity contribution in [1.82, 2.24) is 14.2 Å². The Morgan fingerprint density at radius 3 is 2.44 bits per heavy atom. The molecule has 2 aromatic rings. The van der Waals surface area contributed by atoms with Crippen LogP contribution in [0.3, 0.4) is 0 Å². The summed E-state index contributed by atoms with van der Waals surface area (Å²) in [5.41, 5.74) is 0.762. The van der Waals surface area contributed by atoms with Crippen LogP contribution in [0.1, 0.15) is 17.3 Å². The zero-order chi connectivity index (χ0) is 19.4. The molecule has 1 aromatic heterocycles. The van der Waals surface area contributed by atoms with Crippen LogP contribution < -0.4 is 5.32 Å². The quantitative estimate of drug-likeness (QED) is 0.848. The summed E-state index contributed by atoms with van der Waals surface area (Å²) in [4.78, 5) is 29.4. The van der Waals surface area contributed by atoms with Crippen molar-refractivity contribution >= 4 is 27.5 Å². The Balaban J connectivity index is 1.76. The number of piperazine rings is 1. The van der Waals surface area contributed by atoms with Crippen LogP contribution in [0.2, 0.25) is 0 Å². The molecule has 1 aromatic carbocycles. The molecule has 3 rings (SSSR count). The second-order valence-corrected chi connectivity index (χ2v) is 8.07. The van der Waals surface area contributed by atoms with Crippen LogP contribution >= 0.6 is 0 Å². The van der Waals surface area contributed by atoms with Crippen molar-refractivity contribution in [2.75, 3.05) is 31.5 Å².